The van der Waals surface area contributed by atoms with Crippen LogP contribution in [-0.4, -0.2) is 33.5 Å². The summed E-state index contributed by atoms with van der Waals surface area (Å²) >= 11 is 0. The fourth-order valence-electron chi connectivity index (χ4n) is 1.71. The predicted molar refractivity (Wildman–Crippen MR) is 67.7 cm³/mol. The summed E-state index contributed by atoms with van der Waals surface area (Å²) in [6, 6.07) is 5.64. The minimum absolute atomic E-state index is 0.135. The number of hydrogen-bond acceptors (Lipinski definition) is 6. The average Bonchev–Trinajstić information content (AvgIpc) is 2.88. The summed E-state index contributed by atoms with van der Waals surface area (Å²) < 4.78 is 7.06. The van der Waals surface area contributed by atoms with Gasteiger partial charge in [0.25, 0.3) is 0 Å². The Balaban J connectivity index is 2.35. The van der Waals surface area contributed by atoms with Crippen LogP contribution in [0.25, 0.3) is 11.5 Å². The number of hydrazine groups is 1. The number of nitrogens with one attached hydrogen (secondary N) is 1. The van der Waals surface area contributed by atoms with E-state index >= 15 is 0 Å². The molecule has 96 valence electrons. The van der Waals surface area contributed by atoms with E-state index in [-0.39, 0.29) is 6.04 Å². The minimum Gasteiger partial charge on any atom is -0.383 e. The van der Waals surface area contributed by atoms with Gasteiger partial charge in [0.2, 0.25) is 0 Å². The SMILES string of the molecule is COCC(C)n1cnnc1-c1cccc(NN)n1. The molecule has 1 unspecified atom stereocenters. The number of pyridine rings is 1. The number of aromatic nitrogens is 4. The van der Waals surface area contributed by atoms with Gasteiger partial charge in [0.1, 0.15) is 17.8 Å². The first-order valence-electron chi connectivity index (χ1n) is 5.58. The van der Waals surface area contributed by atoms with Crippen molar-refractivity contribution in [1.29, 1.82) is 0 Å². The third kappa shape index (κ3) is 2.47. The van der Waals surface area contributed by atoms with E-state index in [1.54, 1.807) is 19.5 Å². The Labute approximate surface area is 105 Å². The number of nitrogens with two attached hydrogens (primary N) is 1. The van der Waals surface area contributed by atoms with E-state index in [2.05, 4.69) is 20.6 Å². The molecule has 0 saturated heterocycles. The molecule has 0 aliphatic heterocycles. The molecule has 2 aromatic heterocycles. The molecule has 7 heteroatoms. The number of anilines is 1. The highest BCUT2D eigenvalue weighted by atomic mass is 16.5. The number of hydrogen-bond donors (Lipinski definition) is 2. The van der Waals surface area contributed by atoms with E-state index in [1.165, 1.54) is 0 Å². The zero-order chi connectivity index (χ0) is 13.0. The second-order valence-electron chi connectivity index (χ2n) is 3.92. The van der Waals surface area contributed by atoms with Gasteiger partial charge in [-0.2, -0.15) is 0 Å². The van der Waals surface area contributed by atoms with Gasteiger partial charge >= 0.3 is 0 Å². The van der Waals surface area contributed by atoms with Crippen LogP contribution in [0.15, 0.2) is 24.5 Å². The van der Waals surface area contributed by atoms with Crippen LogP contribution in [0.5, 0.6) is 0 Å². The summed E-state index contributed by atoms with van der Waals surface area (Å²) in [6.07, 6.45) is 1.67. The van der Waals surface area contributed by atoms with Crippen LogP contribution in [0.3, 0.4) is 0 Å². The first-order chi connectivity index (χ1) is 8.76. The highest BCUT2D eigenvalue weighted by Crippen LogP contribution is 2.19. The molecular formula is C11H16N6O. The average molecular weight is 248 g/mol. The molecule has 0 saturated carbocycles. The van der Waals surface area contributed by atoms with Crippen LogP contribution in [0, 0.1) is 0 Å². The molecule has 3 N–H and O–H groups in total. The molecule has 0 aliphatic rings. The minimum atomic E-state index is 0.135. The number of ether oxygens (including phenoxy) is 1. The molecule has 0 aliphatic carbocycles. The van der Waals surface area contributed by atoms with Crippen LogP contribution >= 0.6 is 0 Å². The fraction of sp³-hybridized carbons (Fsp3) is 0.364. The van der Waals surface area contributed by atoms with Crippen molar-refractivity contribution >= 4 is 5.82 Å². The Morgan fingerprint density at radius 2 is 2.33 bits per heavy atom. The van der Waals surface area contributed by atoms with Gasteiger partial charge in [0.15, 0.2) is 5.82 Å². The summed E-state index contributed by atoms with van der Waals surface area (Å²) in [7, 11) is 1.66. The van der Waals surface area contributed by atoms with Gasteiger partial charge in [-0.15, -0.1) is 10.2 Å². The number of nitrogens with zero attached hydrogens (tertiary/aromatic N) is 4. The number of rotatable bonds is 5. The van der Waals surface area contributed by atoms with E-state index in [1.807, 2.05) is 23.6 Å². The summed E-state index contributed by atoms with van der Waals surface area (Å²) in [5.74, 6) is 6.62. The quantitative estimate of drug-likeness (QED) is 0.601. The molecule has 18 heavy (non-hydrogen) atoms. The predicted octanol–water partition coefficient (Wildman–Crippen LogP) is 0.833. The Hall–Kier alpha value is -1.99. The largest absolute Gasteiger partial charge is 0.383 e. The second kappa shape index (κ2) is 5.56. The second-order valence-corrected chi connectivity index (χ2v) is 3.92. The van der Waals surface area contributed by atoms with Gasteiger partial charge < -0.3 is 14.7 Å². The molecule has 0 amide bonds. The lowest BCUT2D eigenvalue weighted by molar-refractivity contribution is 0.162. The Morgan fingerprint density at radius 3 is 3.06 bits per heavy atom. The highest BCUT2D eigenvalue weighted by Gasteiger charge is 2.13. The van der Waals surface area contributed by atoms with E-state index in [0.29, 0.717) is 23.9 Å². The van der Waals surface area contributed by atoms with Crippen molar-refractivity contribution in [3.8, 4) is 11.5 Å². The molecule has 0 bridgehead atoms. The molecule has 0 spiro atoms. The first kappa shape index (κ1) is 12.5. The van der Waals surface area contributed by atoms with Crippen molar-refractivity contribution < 1.29 is 4.74 Å². The lowest BCUT2D eigenvalue weighted by Gasteiger charge is -2.14. The summed E-state index contributed by atoms with van der Waals surface area (Å²) in [4.78, 5) is 4.34. The molecular weight excluding hydrogens is 232 g/mol. The lowest BCUT2D eigenvalue weighted by Crippen LogP contribution is -2.13. The molecule has 7 nitrogen and oxygen atoms in total. The molecule has 0 fully saturated rings. The van der Waals surface area contributed by atoms with Gasteiger partial charge in [0.05, 0.1) is 12.6 Å². The third-order valence-electron chi connectivity index (χ3n) is 2.58. The smallest absolute Gasteiger partial charge is 0.182 e. The maximum atomic E-state index is 5.34. The van der Waals surface area contributed by atoms with Crippen molar-refractivity contribution in [2.24, 2.45) is 5.84 Å². The van der Waals surface area contributed by atoms with Crippen LogP contribution < -0.4 is 11.3 Å². The first-order valence-corrected chi connectivity index (χ1v) is 5.58. The van der Waals surface area contributed by atoms with E-state index in [0.717, 1.165) is 0 Å². The Morgan fingerprint density at radius 1 is 1.50 bits per heavy atom. The molecule has 2 rings (SSSR count). The van der Waals surface area contributed by atoms with Crippen LogP contribution in [0.1, 0.15) is 13.0 Å². The molecule has 1 atom stereocenters. The van der Waals surface area contributed by atoms with Crippen LogP contribution in [-0.2, 0) is 4.74 Å². The number of nitrogen functional groups attached to an aromatic ring is 1. The molecule has 0 aromatic carbocycles. The topological polar surface area (TPSA) is 90.9 Å². The summed E-state index contributed by atoms with van der Waals surface area (Å²) in [6.45, 7) is 2.61. The van der Waals surface area contributed by atoms with Crippen molar-refractivity contribution in [3.05, 3.63) is 24.5 Å². The maximum absolute atomic E-state index is 5.34. The zero-order valence-electron chi connectivity index (χ0n) is 10.4. The van der Waals surface area contributed by atoms with Crippen LogP contribution in [0.4, 0.5) is 5.82 Å². The summed E-state index contributed by atoms with van der Waals surface area (Å²) in [5.41, 5.74) is 3.22. The van der Waals surface area contributed by atoms with Gasteiger partial charge in [-0.1, -0.05) is 6.07 Å². The Bertz CT molecular complexity index is 512. The number of methoxy groups -OCH3 is 1. The molecule has 2 heterocycles. The van der Waals surface area contributed by atoms with Crippen molar-refractivity contribution in [1.82, 2.24) is 19.7 Å². The molecule has 2 aromatic rings. The summed E-state index contributed by atoms with van der Waals surface area (Å²) in [5, 5.41) is 8.01. The van der Waals surface area contributed by atoms with Crippen LogP contribution in [0.2, 0.25) is 0 Å². The van der Waals surface area contributed by atoms with Gasteiger partial charge in [-0.05, 0) is 19.1 Å². The zero-order valence-corrected chi connectivity index (χ0v) is 10.4. The van der Waals surface area contributed by atoms with Gasteiger partial charge in [-0.3, -0.25) is 0 Å². The highest BCUT2D eigenvalue weighted by molar-refractivity contribution is 5.53. The van der Waals surface area contributed by atoms with Crippen molar-refractivity contribution in [2.75, 3.05) is 19.1 Å². The van der Waals surface area contributed by atoms with E-state index < -0.39 is 0 Å². The van der Waals surface area contributed by atoms with Gasteiger partial charge in [0, 0.05) is 7.11 Å². The lowest BCUT2D eigenvalue weighted by atomic mass is 10.3. The van der Waals surface area contributed by atoms with E-state index in [4.69, 9.17) is 10.6 Å². The fourth-order valence-corrected chi connectivity index (χ4v) is 1.71. The monoisotopic (exact) mass is 248 g/mol. The third-order valence-corrected chi connectivity index (χ3v) is 2.58. The standard InChI is InChI=1S/C11H16N6O/c1-8(6-18-2)17-7-13-16-11(17)9-4-3-5-10(14-9)15-12/h3-5,7-8H,6,12H2,1-2H3,(H,14,15). The van der Waals surface area contributed by atoms with Crippen molar-refractivity contribution in [2.45, 2.75) is 13.0 Å². The maximum Gasteiger partial charge on any atom is 0.182 e. The van der Waals surface area contributed by atoms with E-state index in [9.17, 15) is 0 Å². The van der Waals surface area contributed by atoms with Crippen molar-refractivity contribution in [3.63, 3.8) is 0 Å². The molecule has 0 radical (unpaired) electrons. The normalized spacial score (nSPS) is 12.4. The Kier molecular flexibility index (Phi) is 3.85. The van der Waals surface area contributed by atoms with Gasteiger partial charge in [-0.25, -0.2) is 10.8 Å².